The molecule has 2 aliphatic carbocycles. The molecule has 0 radical (unpaired) electrons. The lowest BCUT2D eigenvalue weighted by molar-refractivity contribution is -0.128. The molecule has 0 aliphatic heterocycles. The van der Waals surface area contributed by atoms with Crippen LogP contribution in [0.5, 0.6) is 0 Å². The molecule has 88 valence electrons. The summed E-state index contributed by atoms with van der Waals surface area (Å²) in [5.41, 5.74) is 0.261. The summed E-state index contributed by atoms with van der Waals surface area (Å²) in [6, 6.07) is 0. The lowest BCUT2D eigenvalue weighted by atomic mass is 9.77. The number of rotatable bonds is 2. The van der Waals surface area contributed by atoms with E-state index >= 15 is 0 Å². The second-order valence-corrected chi connectivity index (χ2v) is 6.77. The molecular formula is C15H22O. The molecule has 0 spiro atoms. The molecular weight excluding hydrogens is 196 g/mol. The van der Waals surface area contributed by atoms with Crippen molar-refractivity contribution in [3.8, 4) is 12.3 Å². The van der Waals surface area contributed by atoms with Gasteiger partial charge in [-0.2, -0.15) is 0 Å². The minimum Gasteiger partial charge on any atom is -0.299 e. The second-order valence-electron chi connectivity index (χ2n) is 6.77. The normalized spacial score (nSPS) is 40.8. The van der Waals surface area contributed by atoms with Gasteiger partial charge in [-0.15, -0.1) is 12.3 Å². The number of ketones is 1. The number of carbonyl (C=O) groups is 1. The minimum atomic E-state index is -0.113. The Balaban J connectivity index is 2.11. The van der Waals surface area contributed by atoms with Gasteiger partial charge in [0.15, 0.2) is 0 Å². The van der Waals surface area contributed by atoms with Crippen molar-refractivity contribution in [1.29, 1.82) is 0 Å². The van der Waals surface area contributed by atoms with Crippen LogP contribution in [0.15, 0.2) is 0 Å². The van der Waals surface area contributed by atoms with Crippen LogP contribution < -0.4 is 0 Å². The van der Waals surface area contributed by atoms with Gasteiger partial charge in [0, 0.05) is 17.8 Å². The highest BCUT2D eigenvalue weighted by molar-refractivity contribution is 5.89. The summed E-state index contributed by atoms with van der Waals surface area (Å²) >= 11 is 0. The zero-order valence-electron chi connectivity index (χ0n) is 10.7. The molecule has 0 aromatic heterocycles. The van der Waals surface area contributed by atoms with E-state index in [1.54, 1.807) is 0 Å². The third-order valence-corrected chi connectivity index (χ3v) is 4.62. The van der Waals surface area contributed by atoms with Gasteiger partial charge in [0.25, 0.3) is 0 Å². The Kier molecular flexibility index (Phi) is 2.65. The van der Waals surface area contributed by atoms with Gasteiger partial charge < -0.3 is 0 Å². The third-order valence-electron chi connectivity index (χ3n) is 4.62. The first kappa shape index (κ1) is 11.7. The summed E-state index contributed by atoms with van der Waals surface area (Å²) in [4.78, 5) is 12.4. The molecule has 1 nitrogen and oxygen atoms in total. The van der Waals surface area contributed by atoms with Gasteiger partial charge >= 0.3 is 0 Å². The molecule has 0 amide bonds. The van der Waals surface area contributed by atoms with Crippen LogP contribution in [0.2, 0.25) is 0 Å². The van der Waals surface area contributed by atoms with E-state index < -0.39 is 0 Å². The third kappa shape index (κ3) is 1.79. The molecule has 0 unspecified atom stereocenters. The van der Waals surface area contributed by atoms with Gasteiger partial charge in [-0.3, -0.25) is 4.79 Å². The largest absolute Gasteiger partial charge is 0.299 e. The molecule has 1 heteroatoms. The lowest BCUT2D eigenvalue weighted by Gasteiger charge is -2.26. The Morgan fingerprint density at radius 3 is 2.56 bits per heavy atom. The molecule has 16 heavy (non-hydrogen) atoms. The maximum absolute atomic E-state index is 12.4. The first-order chi connectivity index (χ1) is 7.38. The van der Waals surface area contributed by atoms with E-state index in [0.29, 0.717) is 23.0 Å². The number of Topliss-reactive ketones (excluding diaryl/α,β-unsaturated/α-hetero) is 1. The topological polar surface area (TPSA) is 17.1 Å². The molecule has 0 saturated heterocycles. The fourth-order valence-electron chi connectivity index (χ4n) is 3.92. The van der Waals surface area contributed by atoms with Crippen LogP contribution in [0.3, 0.4) is 0 Å². The molecule has 2 saturated carbocycles. The summed E-state index contributed by atoms with van der Waals surface area (Å²) in [6.07, 6.45) is 10.3. The van der Waals surface area contributed by atoms with E-state index in [1.165, 1.54) is 6.42 Å². The Hall–Kier alpha value is -0.770. The Morgan fingerprint density at radius 1 is 1.31 bits per heavy atom. The van der Waals surface area contributed by atoms with E-state index in [1.807, 2.05) is 0 Å². The molecule has 0 bridgehead atoms. The van der Waals surface area contributed by atoms with Crippen molar-refractivity contribution < 1.29 is 4.79 Å². The number of fused-ring (bicyclic) bond motifs is 1. The van der Waals surface area contributed by atoms with Gasteiger partial charge in [0.1, 0.15) is 5.78 Å². The van der Waals surface area contributed by atoms with E-state index in [4.69, 9.17) is 6.42 Å². The SMILES string of the molecule is C#CCC[C@]1(C)C[C@H]2CC(C)(C)C[C@H]2C1=O. The first-order valence-electron chi connectivity index (χ1n) is 6.36. The van der Waals surface area contributed by atoms with Gasteiger partial charge in [-0.05, 0) is 37.0 Å². The molecule has 0 aromatic rings. The molecule has 0 aromatic carbocycles. The number of hydrogen-bond donors (Lipinski definition) is 0. The minimum absolute atomic E-state index is 0.113. The summed E-state index contributed by atoms with van der Waals surface area (Å²) < 4.78 is 0. The van der Waals surface area contributed by atoms with Crippen LogP contribution in [0.25, 0.3) is 0 Å². The van der Waals surface area contributed by atoms with Crippen LogP contribution in [0.4, 0.5) is 0 Å². The summed E-state index contributed by atoms with van der Waals surface area (Å²) in [5.74, 6) is 4.13. The van der Waals surface area contributed by atoms with Gasteiger partial charge in [-0.25, -0.2) is 0 Å². The van der Waals surface area contributed by atoms with Gasteiger partial charge in [0.2, 0.25) is 0 Å². The highest BCUT2D eigenvalue weighted by Gasteiger charge is 2.54. The summed E-state index contributed by atoms with van der Waals surface area (Å²) in [6.45, 7) is 6.70. The van der Waals surface area contributed by atoms with Crippen molar-refractivity contribution >= 4 is 5.78 Å². The average Bonchev–Trinajstić information content (AvgIpc) is 2.58. The molecule has 0 N–H and O–H groups in total. The fraction of sp³-hybridized carbons (Fsp3) is 0.800. The van der Waals surface area contributed by atoms with E-state index in [9.17, 15) is 4.79 Å². The monoisotopic (exact) mass is 218 g/mol. The average molecular weight is 218 g/mol. The predicted molar refractivity (Wildman–Crippen MR) is 65.8 cm³/mol. The van der Waals surface area contributed by atoms with Crippen molar-refractivity contribution in [2.24, 2.45) is 22.7 Å². The van der Waals surface area contributed by atoms with Crippen LogP contribution in [0.1, 0.15) is 52.9 Å². The number of terminal acetylenes is 1. The predicted octanol–water partition coefficient (Wildman–Crippen LogP) is 3.43. The van der Waals surface area contributed by atoms with Crippen molar-refractivity contribution in [3.63, 3.8) is 0 Å². The van der Waals surface area contributed by atoms with Crippen LogP contribution in [-0.4, -0.2) is 5.78 Å². The highest BCUT2D eigenvalue weighted by atomic mass is 16.1. The molecule has 2 fully saturated rings. The molecule has 2 rings (SSSR count). The van der Waals surface area contributed by atoms with Crippen LogP contribution in [-0.2, 0) is 4.79 Å². The Labute approximate surface area is 99.0 Å². The standard InChI is InChI=1S/C15H22O/c1-5-6-7-15(4)9-11-8-14(2,3)10-12(11)13(15)16/h1,11-12H,6-10H2,2-4H3/t11-,12-,15-/m1/s1. The van der Waals surface area contributed by atoms with Crippen LogP contribution >= 0.6 is 0 Å². The Bertz CT molecular complexity index is 347. The van der Waals surface area contributed by atoms with Gasteiger partial charge in [0.05, 0.1) is 0 Å². The summed E-state index contributed by atoms with van der Waals surface area (Å²) in [5, 5.41) is 0. The van der Waals surface area contributed by atoms with Crippen molar-refractivity contribution in [2.75, 3.05) is 0 Å². The maximum Gasteiger partial charge on any atom is 0.142 e. The highest BCUT2D eigenvalue weighted by Crippen LogP contribution is 2.57. The number of hydrogen-bond acceptors (Lipinski definition) is 1. The smallest absolute Gasteiger partial charge is 0.142 e. The van der Waals surface area contributed by atoms with E-state index in [2.05, 4.69) is 26.7 Å². The molecule has 0 heterocycles. The van der Waals surface area contributed by atoms with E-state index in [0.717, 1.165) is 25.7 Å². The van der Waals surface area contributed by atoms with Gasteiger partial charge in [-0.1, -0.05) is 20.8 Å². The van der Waals surface area contributed by atoms with Crippen molar-refractivity contribution in [3.05, 3.63) is 0 Å². The maximum atomic E-state index is 12.4. The van der Waals surface area contributed by atoms with Crippen LogP contribution in [0, 0.1) is 35.0 Å². The lowest BCUT2D eigenvalue weighted by Crippen LogP contribution is -2.26. The molecule has 3 atom stereocenters. The zero-order chi connectivity index (χ0) is 12.0. The quantitative estimate of drug-likeness (QED) is 0.649. The fourth-order valence-corrected chi connectivity index (χ4v) is 3.92. The molecule has 2 aliphatic rings. The Morgan fingerprint density at radius 2 is 2.00 bits per heavy atom. The second kappa shape index (κ2) is 3.62. The van der Waals surface area contributed by atoms with Crippen molar-refractivity contribution in [2.45, 2.75) is 52.9 Å². The van der Waals surface area contributed by atoms with E-state index in [-0.39, 0.29) is 5.41 Å². The number of carbonyl (C=O) groups excluding carboxylic acids is 1. The summed E-state index contributed by atoms with van der Waals surface area (Å²) in [7, 11) is 0. The zero-order valence-corrected chi connectivity index (χ0v) is 10.7. The van der Waals surface area contributed by atoms with Crippen molar-refractivity contribution in [1.82, 2.24) is 0 Å². The first-order valence-corrected chi connectivity index (χ1v) is 6.36.